The molecule has 6 heteroatoms. The van der Waals surface area contributed by atoms with Crippen LogP contribution in [0.1, 0.15) is 11.1 Å². The van der Waals surface area contributed by atoms with Gasteiger partial charge in [0.25, 0.3) is 5.69 Å². The van der Waals surface area contributed by atoms with Crippen molar-refractivity contribution in [1.82, 2.24) is 0 Å². The van der Waals surface area contributed by atoms with Gasteiger partial charge >= 0.3 is 0 Å². The SMILES string of the molecule is Cc1cc([N+](=O)[O-])c(C)cc1NC(=O)CBr. The van der Waals surface area contributed by atoms with E-state index in [0.717, 1.165) is 0 Å². The van der Waals surface area contributed by atoms with E-state index in [9.17, 15) is 14.9 Å². The van der Waals surface area contributed by atoms with Crippen molar-refractivity contribution in [3.8, 4) is 0 Å². The minimum absolute atomic E-state index is 0.0642. The van der Waals surface area contributed by atoms with Crippen LogP contribution in [0.5, 0.6) is 0 Å². The first-order chi connectivity index (χ1) is 7.45. The molecule has 0 bridgehead atoms. The number of halogens is 1. The maximum atomic E-state index is 11.2. The van der Waals surface area contributed by atoms with Crippen molar-refractivity contribution in [3.63, 3.8) is 0 Å². The van der Waals surface area contributed by atoms with Gasteiger partial charge in [-0.3, -0.25) is 14.9 Å². The highest BCUT2D eigenvalue weighted by Gasteiger charge is 2.14. The number of rotatable bonds is 3. The van der Waals surface area contributed by atoms with Crippen molar-refractivity contribution in [2.45, 2.75) is 13.8 Å². The van der Waals surface area contributed by atoms with E-state index in [1.807, 2.05) is 0 Å². The lowest BCUT2D eigenvalue weighted by Crippen LogP contribution is -2.13. The lowest BCUT2D eigenvalue weighted by molar-refractivity contribution is -0.385. The Hall–Kier alpha value is -1.43. The van der Waals surface area contributed by atoms with E-state index in [4.69, 9.17) is 0 Å². The number of aryl methyl sites for hydroxylation is 2. The fourth-order valence-corrected chi connectivity index (χ4v) is 1.46. The van der Waals surface area contributed by atoms with E-state index < -0.39 is 4.92 Å². The third kappa shape index (κ3) is 2.79. The van der Waals surface area contributed by atoms with Crippen LogP contribution in [0.4, 0.5) is 11.4 Å². The maximum absolute atomic E-state index is 11.2. The van der Waals surface area contributed by atoms with Gasteiger partial charge in [-0.2, -0.15) is 0 Å². The molecule has 1 amide bonds. The number of carbonyl (C=O) groups excluding carboxylic acids is 1. The van der Waals surface area contributed by atoms with Gasteiger partial charge in [-0.1, -0.05) is 15.9 Å². The van der Waals surface area contributed by atoms with Gasteiger partial charge in [0.05, 0.1) is 10.3 Å². The Morgan fingerprint density at radius 2 is 2.06 bits per heavy atom. The van der Waals surface area contributed by atoms with Crippen LogP contribution in [0.2, 0.25) is 0 Å². The highest BCUT2D eigenvalue weighted by atomic mass is 79.9. The summed E-state index contributed by atoms with van der Waals surface area (Å²) in [7, 11) is 0. The van der Waals surface area contributed by atoms with Gasteiger partial charge in [0.1, 0.15) is 0 Å². The first kappa shape index (κ1) is 12.6. The molecular weight excluding hydrogens is 276 g/mol. The molecule has 0 atom stereocenters. The molecule has 0 aliphatic heterocycles. The maximum Gasteiger partial charge on any atom is 0.272 e. The van der Waals surface area contributed by atoms with Crippen molar-refractivity contribution < 1.29 is 9.72 Å². The third-order valence-corrected chi connectivity index (χ3v) is 2.64. The van der Waals surface area contributed by atoms with Crippen LogP contribution in [-0.2, 0) is 4.79 Å². The summed E-state index contributed by atoms with van der Waals surface area (Å²) in [4.78, 5) is 21.4. The van der Waals surface area contributed by atoms with Gasteiger partial charge in [0.2, 0.25) is 5.91 Å². The third-order valence-electron chi connectivity index (χ3n) is 2.14. The average molecular weight is 287 g/mol. The highest BCUT2D eigenvalue weighted by Crippen LogP contribution is 2.25. The van der Waals surface area contributed by atoms with E-state index in [-0.39, 0.29) is 16.9 Å². The van der Waals surface area contributed by atoms with Gasteiger partial charge < -0.3 is 5.32 Å². The second kappa shape index (κ2) is 5.07. The van der Waals surface area contributed by atoms with Crippen molar-refractivity contribution in [2.75, 3.05) is 10.6 Å². The molecule has 1 aromatic carbocycles. The topological polar surface area (TPSA) is 72.2 Å². The van der Waals surface area contributed by atoms with Crippen LogP contribution in [0.15, 0.2) is 12.1 Å². The molecule has 0 fully saturated rings. The van der Waals surface area contributed by atoms with E-state index >= 15 is 0 Å². The molecule has 0 radical (unpaired) electrons. The summed E-state index contributed by atoms with van der Waals surface area (Å²) < 4.78 is 0. The second-order valence-corrected chi connectivity index (χ2v) is 3.95. The van der Waals surface area contributed by atoms with Gasteiger partial charge in [0.15, 0.2) is 0 Å². The zero-order valence-electron chi connectivity index (χ0n) is 8.91. The first-order valence-corrected chi connectivity index (χ1v) is 5.69. The summed E-state index contributed by atoms with van der Waals surface area (Å²) in [5.41, 5.74) is 1.87. The van der Waals surface area contributed by atoms with Crippen molar-refractivity contribution in [3.05, 3.63) is 33.4 Å². The Balaban J connectivity index is 3.10. The molecule has 0 heterocycles. The monoisotopic (exact) mass is 286 g/mol. The number of nitro benzene ring substituents is 1. The summed E-state index contributed by atoms with van der Waals surface area (Å²) >= 11 is 3.03. The van der Waals surface area contributed by atoms with Gasteiger partial charge in [-0.25, -0.2) is 0 Å². The highest BCUT2D eigenvalue weighted by molar-refractivity contribution is 9.09. The molecule has 86 valence electrons. The number of benzene rings is 1. The molecule has 16 heavy (non-hydrogen) atoms. The van der Waals surface area contributed by atoms with Crippen molar-refractivity contribution in [2.24, 2.45) is 0 Å². The fraction of sp³-hybridized carbons (Fsp3) is 0.300. The normalized spacial score (nSPS) is 9.94. The summed E-state index contributed by atoms with van der Waals surface area (Å²) in [5.74, 6) is -0.184. The zero-order chi connectivity index (χ0) is 12.3. The van der Waals surface area contributed by atoms with E-state index in [1.165, 1.54) is 6.07 Å². The largest absolute Gasteiger partial charge is 0.325 e. The van der Waals surface area contributed by atoms with E-state index in [2.05, 4.69) is 21.2 Å². The Kier molecular flexibility index (Phi) is 4.00. The van der Waals surface area contributed by atoms with Crippen molar-refractivity contribution in [1.29, 1.82) is 0 Å². The van der Waals surface area contributed by atoms with Crippen LogP contribution >= 0.6 is 15.9 Å². The van der Waals surface area contributed by atoms with Gasteiger partial charge in [-0.15, -0.1) is 0 Å². The minimum atomic E-state index is -0.432. The Labute approximate surface area is 101 Å². The molecule has 0 unspecified atom stereocenters. The summed E-state index contributed by atoms with van der Waals surface area (Å²) in [5, 5.41) is 13.5. The van der Waals surface area contributed by atoms with Crippen LogP contribution in [0, 0.1) is 24.0 Å². The fourth-order valence-electron chi connectivity index (χ4n) is 1.32. The Bertz CT molecular complexity index is 446. The molecule has 5 nitrogen and oxygen atoms in total. The number of hydrogen-bond donors (Lipinski definition) is 1. The zero-order valence-corrected chi connectivity index (χ0v) is 10.5. The van der Waals surface area contributed by atoms with E-state index in [0.29, 0.717) is 16.8 Å². The molecule has 1 rings (SSSR count). The number of anilines is 1. The number of alkyl halides is 1. The number of nitro groups is 1. The Morgan fingerprint density at radius 1 is 1.44 bits per heavy atom. The smallest absolute Gasteiger partial charge is 0.272 e. The molecule has 0 aromatic heterocycles. The number of nitrogens with one attached hydrogen (secondary N) is 1. The summed E-state index contributed by atoms with van der Waals surface area (Å²) in [6.45, 7) is 3.36. The molecule has 0 aliphatic rings. The van der Waals surface area contributed by atoms with Crippen molar-refractivity contribution >= 4 is 33.2 Å². The average Bonchev–Trinajstić information content (AvgIpc) is 2.22. The molecule has 0 aliphatic carbocycles. The molecule has 0 spiro atoms. The molecule has 0 saturated heterocycles. The summed E-state index contributed by atoms with van der Waals surface area (Å²) in [6, 6.07) is 3.06. The van der Waals surface area contributed by atoms with Gasteiger partial charge in [-0.05, 0) is 25.5 Å². The quantitative estimate of drug-likeness (QED) is 0.527. The first-order valence-electron chi connectivity index (χ1n) is 4.57. The van der Waals surface area contributed by atoms with Crippen LogP contribution in [-0.4, -0.2) is 16.2 Å². The predicted molar refractivity (Wildman–Crippen MR) is 65.0 cm³/mol. The lowest BCUT2D eigenvalue weighted by Gasteiger charge is -2.08. The number of carbonyl (C=O) groups is 1. The Morgan fingerprint density at radius 3 is 2.56 bits per heavy atom. The number of nitrogens with zero attached hydrogens (tertiary/aromatic N) is 1. The van der Waals surface area contributed by atoms with Crippen LogP contribution < -0.4 is 5.32 Å². The predicted octanol–water partition coefficient (Wildman–Crippen LogP) is 2.55. The lowest BCUT2D eigenvalue weighted by atomic mass is 10.1. The number of hydrogen-bond acceptors (Lipinski definition) is 3. The van der Waals surface area contributed by atoms with Gasteiger partial charge in [0, 0.05) is 17.3 Å². The second-order valence-electron chi connectivity index (χ2n) is 3.39. The number of amides is 1. The minimum Gasteiger partial charge on any atom is -0.325 e. The molecular formula is C10H11BrN2O3. The van der Waals surface area contributed by atoms with Crippen LogP contribution in [0.3, 0.4) is 0 Å². The molecule has 1 N–H and O–H groups in total. The molecule has 1 aromatic rings. The van der Waals surface area contributed by atoms with Crippen LogP contribution in [0.25, 0.3) is 0 Å². The molecule has 0 saturated carbocycles. The van der Waals surface area contributed by atoms with E-state index in [1.54, 1.807) is 19.9 Å². The standard InChI is InChI=1S/C10H11BrN2O3/c1-6-4-9(13(15)16)7(2)3-8(6)12-10(14)5-11/h3-4H,5H2,1-2H3,(H,12,14). The summed E-state index contributed by atoms with van der Waals surface area (Å²) in [6.07, 6.45) is 0.